The van der Waals surface area contributed by atoms with Gasteiger partial charge in [0, 0.05) is 18.7 Å². The molecule has 0 bridgehead atoms. The van der Waals surface area contributed by atoms with E-state index in [1.54, 1.807) is 19.3 Å². The number of carbonyl (C=O) groups is 1. The maximum absolute atomic E-state index is 11.6. The molecular formula is C11H17NO4S. The number of carbonyl (C=O) groups excluding carboxylic acids is 1. The number of furan rings is 1. The van der Waals surface area contributed by atoms with Crippen molar-refractivity contribution in [2.75, 3.05) is 6.26 Å². The molecule has 1 aromatic rings. The average Bonchev–Trinajstić information content (AvgIpc) is 2.67. The van der Waals surface area contributed by atoms with Crippen LogP contribution in [0.3, 0.4) is 0 Å². The summed E-state index contributed by atoms with van der Waals surface area (Å²) in [6, 6.07) is 3.41. The number of nitrogens with one attached hydrogen (secondary N) is 1. The lowest BCUT2D eigenvalue weighted by Crippen LogP contribution is -2.42. The van der Waals surface area contributed by atoms with E-state index in [2.05, 4.69) is 5.32 Å². The van der Waals surface area contributed by atoms with Gasteiger partial charge in [0.15, 0.2) is 9.84 Å². The second-order valence-corrected chi connectivity index (χ2v) is 6.53. The highest BCUT2D eigenvalue weighted by molar-refractivity contribution is 7.92. The van der Waals surface area contributed by atoms with Gasteiger partial charge in [-0.3, -0.25) is 4.79 Å². The topological polar surface area (TPSA) is 76.4 Å². The van der Waals surface area contributed by atoms with Crippen LogP contribution in [0.4, 0.5) is 0 Å². The van der Waals surface area contributed by atoms with Crippen LogP contribution < -0.4 is 5.32 Å². The van der Waals surface area contributed by atoms with Gasteiger partial charge in [-0.15, -0.1) is 0 Å². The van der Waals surface area contributed by atoms with Gasteiger partial charge in [0.25, 0.3) is 0 Å². The Morgan fingerprint density at radius 3 is 2.59 bits per heavy atom. The van der Waals surface area contributed by atoms with E-state index in [1.807, 2.05) is 6.07 Å². The highest BCUT2D eigenvalue weighted by Gasteiger charge is 2.24. The van der Waals surface area contributed by atoms with Crippen molar-refractivity contribution in [3.63, 3.8) is 0 Å². The Morgan fingerprint density at radius 1 is 1.47 bits per heavy atom. The van der Waals surface area contributed by atoms with Crippen molar-refractivity contribution in [3.05, 3.63) is 24.2 Å². The smallest absolute Gasteiger partial charge is 0.238 e. The second kappa shape index (κ2) is 5.35. The van der Waals surface area contributed by atoms with Gasteiger partial charge in [-0.1, -0.05) is 0 Å². The molecule has 0 aromatic carbocycles. The molecule has 0 aliphatic heterocycles. The van der Waals surface area contributed by atoms with Gasteiger partial charge in [0.1, 0.15) is 11.0 Å². The molecule has 1 aromatic heterocycles. The molecule has 96 valence electrons. The third-order valence-corrected chi connectivity index (χ3v) is 3.99. The van der Waals surface area contributed by atoms with Crippen LogP contribution in [0, 0.1) is 0 Å². The van der Waals surface area contributed by atoms with Crippen molar-refractivity contribution >= 4 is 15.7 Å². The molecule has 0 spiro atoms. The Kier molecular flexibility index (Phi) is 4.34. The maximum atomic E-state index is 11.6. The highest BCUT2D eigenvalue weighted by Crippen LogP contribution is 2.05. The zero-order chi connectivity index (χ0) is 13.1. The van der Waals surface area contributed by atoms with Crippen molar-refractivity contribution in [1.29, 1.82) is 0 Å². The van der Waals surface area contributed by atoms with Crippen LogP contribution in [0.5, 0.6) is 0 Å². The first-order chi connectivity index (χ1) is 7.80. The molecule has 0 saturated carbocycles. The summed E-state index contributed by atoms with van der Waals surface area (Å²) in [6.45, 7) is 3.18. The molecular weight excluding hydrogens is 242 g/mol. The lowest BCUT2D eigenvalue weighted by Gasteiger charge is -2.15. The van der Waals surface area contributed by atoms with Crippen molar-refractivity contribution in [3.8, 4) is 0 Å². The molecule has 17 heavy (non-hydrogen) atoms. The largest absolute Gasteiger partial charge is 0.469 e. The first-order valence-electron chi connectivity index (χ1n) is 5.32. The minimum Gasteiger partial charge on any atom is -0.469 e. The van der Waals surface area contributed by atoms with E-state index >= 15 is 0 Å². The first-order valence-corrected chi connectivity index (χ1v) is 7.27. The molecule has 0 fully saturated rings. The van der Waals surface area contributed by atoms with Crippen molar-refractivity contribution in [2.24, 2.45) is 0 Å². The van der Waals surface area contributed by atoms with E-state index in [0.29, 0.717) is 6.42 Å². The molecule has 0 saturated heterocycles. The van der Waals surface area contributed by atoms with Gasteiger partial charge in [0.05, 0.1) is 6.26 Å². The predicted octanol–water partition coefficient (Wildman–Crippen LogP) is 0.760. The van der Waals surface area contributed by atoms with Gasteiger partial charge >= 0.3 is 0 Å². The van der Waals surface area contributed by atoms with E-state index in [0.717, 1.165) is 12.0 Å². The molecule has 2 atom stereocenters. The summed E-state index contributed by atoms with van der Waals surface area (Å²) in [7, 11) is -3.35. The lowest BCUT2D eigenvalue weighted by molar-refractivity contribution is -0.121. The Labute approximate surface area is 101 Å². The number of rotatable bonds is 5. The Balaban J connectivity index is 2.52. The molecule has 0 radical (unpaired) electrons. The Bertz CT molecular complexity index is 464. The molecule has 1 amide bonds. The molecule has 6 heteroatoms. The zero-order valence-electron chi connectivity index (χ0n) is 10.1. The van der Waals surface area contributed by atoms with Crippen molar-refractivity contribution in [1.82, 2.24) is 5.32 Å². The zero-order valence-corrected chi connectivity index (χ0v) is 11.0. The fourth-order valence-corrected chi connectivity index (χ4v) is 1.79. The third kappa shape index (κ3) is 4.22. The number of hydrogen-bond donors (Lipinski definition) is 1. The van der Waals surface area contributed by atoms with E-state index in [1.165, 1.54) is 6.92 Å². The normalized spacial score (nSPS) is 15.2. The fourth-order valence-electron chi connectivity index (χ4n) is 1.34. The molecule has 0 aliphatic rings. The Morgan fingerprint density at radius 2 is 2.12 bits per heavy atom. The summed E-state index contributed by atoms with van der Waals surface area (Å²) in [6.07, 6.45) is 3.15. The van der Waals surface area contributed by atoms with Crippen LogP contribution in [-0.2, 0) is 21.1 Å². The van der Waals surface area contributed by atoms with E-state index in [9.17, 15) is 13.2 Å². The fraction of sp³-hybridized carbons (Fsp3) is 0.545. The van der Waals surface area contributed by atoms with E-state index in [-0.39, 0.29) is 6.04 Å². The predicted molar refractivity (Wildman–Crippen MR) is 64.3 cm³/mol. The summed E-state index contributed by atoms with van der Waals surface area (Å²) in [5.74, 6) is 0.274. The van der Waals surface area contributed by atoms with Crippen LogP contribution in [0.25, 0.3) is 0 Å². The Hall–Kier alpha value is -1.30. The first kappa shape index (κ1) is 13.8. The summed E-state index contributed by atoms with van der Waals surface area (Å²) in [5.41, 5.74) is 0. The minimum atomic E-state index is -3.35. The molecule has 1 heterocycles. The third-order valence-electron chi connectivity index (χ3n) is 2.49. The van der Waals surface area contributed by atoms with E-state index in [4.69, 9.17) is 4.42 Å². The quantitative estimate of drug-likeness (QED) is 0.847. The average molecular weight is 259 g/mol. The van der Waals surface area contributed by atoms with Crippen LogP contribution in [0.2, 0.25) is 0 Å². The van der Waals surface area contributed by atoms with Crippen LogP contribution in [0.15, 0.2) is 22.8 Å². The van der Waals surface area contributed by atoms with E-state index < -0.39 is 21.0 Å². The summed E-state index contributed by atoms with van der Waals surface area (Å²) >= 11 is 0. The number of hydrogen-bond acceptors (Lipinski definition) is 4. The van der Waals surface area contributed by atoms with Crippen LogP contribution >= 0.6 is 0 Å². The molecule has 1 rings (SSSR count). The van der Waals surface area contributed by atoms with Crippen molar-refractivity contribution < 1.29 is 17.6 Å². The van der Waals surface area contributed by atoms with Crippen molar-refractivity contribution in [2.45, 2.75) is 31.6 Å². The highest BCUT2D eigenvalue weighted by atomic mass is 32.2. The maximum Gasteiger partial charge on any atom is 0.238 e. The number of amides is 1. The van der Waals surface area contributed by atoms with Gasteiger partial charge in [-0.05, 0) is 26.0 Å². The van der Waals surface area contributed by atoms with Gasteiger partial charge < -0.3 is 9.73 Å². The number of sulfone groups is 1. The second-order valence-electron chi connectivity index (χ2n) is 4.16. The molecule has 5 nitrogen and oxygen atoms in total. The van der Waals surface area contributed by atoms with Gasteiger partial charge in [-0.2, -0.15) is 0 Å². The minimum absolute atomic E-state index is 0.169. The molecule has 0 unspecified atom stereocenters. The van der Waals surface area contributed by atoms with Crippen LogP contribution in [0.1, 0.15) is 19.6 Å². The molecule has 0 aliphatic carbocycles. The van der Waals surface area contributed by atoms with Gasteiger partial charge in [0.2, 0.25) is 5.91 Å². The monoisotopic (exact) mass is 259 g/mol. The summed E-state index contributed by atoms with van der Waals surface area (Å²) < 4.78 is 27.5. The van der Waals surface area contributed by atoms with Gasteiger partial charge in [-0.25, -0.2) is 8.42 Å². The SMILES string of the molecule is C[C@H](Cc1ccco1)NC(=O)[C@@H](C)S(C)(=O)=O. The lowest BCUT2D eigenvalue weighted by atomic mass is 10.2. The van der Waals surface area contributed by atoms with Crippen LogP contribution in [-0.4, -0.2) is 31.9 Å². The summed E-state index contributed by atoms with van der Waals surface area (Å²) in [5, 5.41) is 1.62. The molecule has 1 N–H and O–H groups in total. The summed E-state index contributed by atoms with van der Waals surface area (Å²) in [4.78, 5) is 11.6. The standard InChI is InChI=1S/C11H17NO4S/c1-8(7-10-5-4-6-16-10)12-11(13)9(2)17(3,14)15/h4-6,8-9H,7H2,1-3H3,(H,12,13)/t8-,9-/m1/s1.